The summed E-state index contributed by atoms with van der Waals surface area (Å²) in [6.07, 6.45) is 2.83. The van der Waals surface area contributed by atoms with Crippen molar-refractivity contribution in [2.24, 2.45) is 0 Å². The van der Waals surface area contributed by atoms with Gasteiger partial charge in [0, 0.05) is 37.1 Å². The zero-order chi connectivity index (χ0) is 25.5. The molecule has 1 aliphatic rings. The van der Waals surface area contributed by atoms with Crippen LogP contribution < -0.4 is 0 Å². The highest BCUT2D eigenvalue weighted by atomic mass is 32.2. The van der Waals surface area contributed by atoms with Crippen LogP contribution in [0.15, 0.2) is 71.5 Å². The maximum atomic E-state index is 13.7. The summed E-state index contributed by atoms with van der Waals surface area (Å²) in [6.45, 7) is 2.99. The molecule has 1 amide bonds. The lowest BCUT2D eigenvalue weighted by Gasteiger charge is -2.37. The van der Waals surface area contributed by atoms with Gasteiger partial charge in [0.1, 0.15) is 0 Å². The van der Waals surface area contributed by atoms with E-state index in [2.05, 4.69) is 35.7 Å². The lowest BCUT2D eigenvalue weighted by molar-refractivity contribution is -0.133. The Hall–Kier alpha value is -2.78. The van der Waals surface area contributed by atoms with Gasteiger partial charge in [-0.1, -0.05) is 60.2 Å². The van der Waals surface area contributed by atoms with Crippen LogP contribution in [0.5, 0.6) is 0 Å². The largest absolute Gasteiger partial charge is 0.385 e. The lowest BCUT2D eigenvalue weighted by Crippen LogP contribution is -2.46. The molecular formula is C28H32N2O4S2. The number of hydrogen-bond acceptors (Lipinski definition) is 5. The molecule has 1 aromatic heterocycles. The summed E-state index contributed by atoms with van der Waals surface area (Å²) in [7, 11) is -2.24. The van der Waals surface area contributed by atoms with Gasteiger partial charge < -0.3 is 9.64 Å². The minimum Gasteiger partial charge on any atom is -0.385 e. The zero-order valence-corrected chi connectivity index (χ0v) is 22.3. The number of sulfonamides is 1. The summed E-state index contributed by atoms with van der Waals surface area (Å²) in [5.74, 6) is -0.202. The average Bonchev–Trinajstić information content (AvgIpc) is 3.37. The summed E-state index contributed by atoms with van der Waals surface area (Å²) in [4.78, 5) is 16.8. The summed E-state index contributed by atoms with van der Waals surface area (Å²) in [6, 6.07) is 19.3. The molecule has 0 radical (unpaired) electrons. The summed E-state index contributed by atoms with van der Waals surface area (Å²) in [5, 5.41) is 3.25. The van der Waals surface area contributed by atoms with Gasteiger partial charge in [0.2, 0.25) is 15.9 Å². The van der Waals surface area contributed by atoms with E-state index >= 15 is 0 Å². The molecule has 2 aromatic carbocycles. The van der Waals surface area contributed by atoms with Gasteiger partial charge in [-0.2, -0.15) is 4.31 Å². The minimum absolute atomic E-state index is 0.202. The molecular weight excluding hydrogens is 492 g/mol. The van der Waals surface area contributed by atoms with E-state index in [0.29, 0.717) is 19.6 Å². The van der Waals surface area contributed by atoms with Crippen LogP contribution in [-0.2, 0) is 26.0 Å². The molecule has 0 saturated carbocycles. The topological polar surface area (TPSA) is 66.9 Å². The Balaban J connectivity index is 1.59. The Labute approximate surface area is 217 Å². The van der Waals surface area contributed by atoms with Crippen LogP contribution in [0.4, 0.5) is 0 Å². The highest BCUT2D eigenvalue weighted by Gasteiger charge is 2.34. The Morgan fingerprint density at radius 1 is 1.14 bits per heavy atom. The van der Waals surface area contributed by atoms with E-state index in [1.54, 1.807) is 24.5 Å². The Morgan fingerprint density at radius 3 is 2.61 bits per heavy atom. The van der Waals surface area contributed by atoms with Crippen LogP contribution in [0.2, 0.25) is 0 Å². The number of fused-ring (bicyclic) bond motifs is 1. The Bertz CT molecular complexity index is 1280. The number of hydrogen-bond donors (Lipinski definition) is 0. The van der Waals surface area contributed by atoms with Gasteiger partial charge in [0.05, 0.1) is 12.6 Å². The average molecular weight is 525 g/mol. The second kappa shape index (κ2) is 12.0. The van der Waals surface area contributed by atoms with Crippen molar-refractivity contribution in [3.05, 3.63) is 98.6 Å². The highest BCUT2D eigenvalue weighted by molar-refractivity contribution is 7.92. The number of carbonyl (C=O) groups is 1. The van der Waals surface area contributed by atoms with Gasteiger partial charge >= 0.3 is 0 Å². The predicted octanol–water partition coefficient (Wildman–Crippen LogP) is 4.87. The summed E-state index contributed by atoms with van der Waals surface area (Å²) in [5.41, 5.74) is 4.09. The third-order valence-electron chi connectivity index (χ3n) is 6.34. The number of ether oxygens (including phenoxy) is 1. The quantitative estimate of drug-likeness (QED) is 0.355. The fourth-order valence-corrected chi connectivity index (χ4v) is 6.51. The van der Waals surface area contributed by atoms with Crippen LogP contribution in [0.3, 0.4) is 0 Å². The van der Waals surface area contributed by atoms with E-state index in [0.717, 1.165) is 28.7 Å². The van der Waals surface area contributed by atoms with Crippen molar-refractivity contribution >= 4 is 33.3 Å². The number of thiophene rings is 1. The number of methoxy groups -OCH3 is 1. The fourth-order valence-electron chi connectivity index (χ4n) is 4.43. The van der Waals surface area contributed by atoms with Crippen LogP contribution in [0.1, 0.15) is 39.6 Å². The van der Waals surface area contributed by atoms with Crippen LogP contribution in [0.25, 0.3) is 6.08 Å². The Kier molecular flexibility index (Phi) is 8.74. The molecule has 36 heavy (non-hydrogen) atoms. The molecule has 4 rings (SSSR count). The van der Waals surface area contributed by atoms with E-state index < -0.39 is 10.0 Å². The molecule has 3 aromatic rings. The first-order valence-corrected chi connectivity index (χ1v) is 14.4. The molecule has 0 saturated heterocycles. The lowest BCUT2D eigenvalue weighted by atomic mass is 9.92. The molecule has 8 heteroatoms. The molecule has 6 nitrogen and oxygen atoms in total. The molecule has 0 bridgehead atoms. The molecule has 2 heterocycles. The Morgan fingerprint density at radius 2 is 1.89 bits per heavy atom. The first-order valence-electron chi connectivity index (χ1n) is 12.0. The van der Waals surface area contributed by atoms with Gasteiger partial charge in [-0.05, 0) is 54.0 Å². The third kappa shape index (κ3) is 6.31. The van der Waals surface area contributed by atoms with Crippen molar-refractivity contribution in [3.63, 3.8) is 0 Å². The molecule has 1 unspecified atom stereocenters. The van der Waals surface area contributed by atoms with E-state index in [1.165, 1.54) is 14.6 Å². The number of rotatable bonds is 10. The molecule has 0 fully saturated rings. The van der Waals surface area contributed by atoms with Gasteiger partial charge in [-0.15, -0.1) is 11.3 Å². The van der Waals surface area contributed by atoms with Crippen molar-refractivity contribution < 1.29 is 17.9 Å². The van der Waals surface area contributed by atoms with E-state index in [1.807, 2.05) is 42.2 Å². The molecule has 0 spiro atoms. The molecule has 1 aliphatic heterocycles. The smallest absolute Gasteiger partial charge is 0.238 e. The summed E-state index contributed by atoms with van der Waals surface area (Å²) < 4.78 is 33.0. The number of amides is 1. The summed E-state index contributed by atoms with van der Waals surface area (Å²) >= 11 is 1.71. The molecule has 190 valence electrons. The number of nitrogens with zero attached hydrogens (tertiary/aromatic N) is 2. The van der Waals surface area contributed by atoms with Gasteiger partial charge in [-0.25, -0.2) is 8.42 Å². The van der Waals surface area contributed by atoms with Gasteiger partial charge in [-0.3, -0.25) is 4.79 Å². The first-order chi connectivity index (χ1) is 17.4. The molecule has 1 atom stereocenters. The third-order valence-corrected chi connectivity index (χ3v) is 8.85. The monoisotopic (exact) mass is 524 g/mol. The minimum atomic E-state index is -3.82. The highest BCUT2D eigenvalue weighted by Crippen LogP contribution is 2.38. The fraction of sp³-hybridized carbons (Fsp3) is 0.321. The normalized spacial score (nSPS) is 16.0. The maximum Gasteiger partial charge on any atom is 0.238 e. The molecule has 0 aliphatic carbocycles. The van der Waals surface area contributed by atoms with Crippen molar-refractivity contribution in [3.8, 4) is 0 Å². The van der Waals surface area contributed by atoms with Crippen LogP contribution in [0, 0.1) is 6.92 Å². The van der Waals surface area contributed by atoms with E-state index in [4.69, 9.17) is 4.74 Å². The zero-order valence-electron chi connectivity index (χ0n) is 20.7. The van der Waals surface area contributed by atoms with E-state index in [9.17, 15) is 13.2 Å². The second-order valence-electron chi connectivity index (χ2n) is 8.89. The van der Waals surface area contributed by atoms with Crippen LogP contribution in [-0.4, -0.2) is 56.9 Å². The van der Waals surface area contributed by atoms with Crippen molar-refractivity contribution in [1.29, 1.82) is 0 Å². The van der Waals surface area contributed by atoms with Gasteiger partial charge in [0.25, 0.3) is 0 Å². The van der Waals surface area contributed by atoms with Crippen LogP contribution >= 0.6 is 11.3 Å². The standard InChI is InChI=1S/C28H32N2O4S2/c1-22-9-11-24(12-10-22)28-25-14-19-35-26(25)13-17-30(28)27(31)21-29(16-6-18-34-2)36(32,33)20-15-23-7-4-3-5-8-23/h3-5,7-12,14-15,19-20,28H,6,13,16-18,21H2,1-2H3/b20-15+. The van der Waals surface area contributed by atoms with Gasteiger partial charge in [0.15, 0.2) is 0 Å². The SMILES string of the molecule is COCCCN(CC(=O)N1CCc2sccc2C1c1ccc(C)cc1)S(=O)(=O)/C=C/c1ccccc1. The second-order valence-corrected chi connectivity index (χ2v) is 11.7. The maximum absolute atomic E-state index is 13.7. The van der Waals surface area contributed by atoms with Crippen molar-refractivity contribution in [2.45, 2.75) is 25.8 Å². The van der Waals surface area contributed by atoms with Crippen molar-refractivity contribution in [1.82, 2.24) is 9.21 Å². The van der Waals surface area contributed by atoms with E-state index in [-0.39, 0.29) is 25.0 Å². The van der Waals surface area contributed by atoms with Crippen molar-refractivity contribution in [2.75, 3.05) is 33.4 Å². The number of carbonyl (C=O) groups excluding carboxylic acids is 1. The predicted molar refractivity (Wildman–Crippen MR) is 145 cm³/mol. The number of aryl methyl sites for hydroxylation is 1. The first kappa shape index (κ1) is 26.3. The number of benzene rings is 2. The molecule has 0 N–H and O–H groups in total.